The van der Waals surface area contributed by atoms with Crippen molar-refractivity contribution < 1.29 is 14.9 Å². The number of nitrogens with two attached hydrogens (primary N) is 1. The number of benzene rings is 1. The minimum Gasteiger partial charge on any atom is -0.497 e. The molecule has 1 unspecified atom stereocenters. The third-order valence-corrected chi connectivity index (χ3v) is 3.55. The van der Waals surface area contributed by atoms with E-state index < -0.39 is 6.10 Å². The van der Waals surface area contributed by atoms with Crippen LogP contribution in [0, 0.1) is 11.8 Å². The van der Waals surface area contributed by atoms with Gasteiger partial charge in [0.25, 0.3) is 0 Å². The van der Waals surface area contributed by atoms with Crippen LogP contribution in [-0.2, 0) is 5.75 Å². The summed E-state index contributed by atoms with van der Waals surface area (Å²) in [6.45, 7) is 0.104. The maximum Gasteiger partial charge on any atom is 0.119 e. The van der Waals surface area contributed by atoms with Crippen LogP contribution in [-0.4, -0.2) is 42.3 Å². The van der Waals surface area contributed by atoms with Crippen molar-refractivity contribution in [2.75, 3.05) is 26.0 Å². The van der Waals surface area contributed by atoms with Crippen molar-refractivity contribution >= 4 is 11.8 Å². The summed E-state index contributed by atoms with van der Waals surface area (Å²) in [6.07, 6.45) is -0.686. The molecule has 0 saturated carbocycles. The maximum absolute atomic E-state index is 9.31. The minimum absolute atomic E-state index is 0.217. The van der Waals surface area contributed by atoms with Gasteiger partial charge in [-0.15, -0.1) is 0 Å². The van der Waals surface area contributed by atoms with E-state index >= 15 is 0 Å². The Morgan fingerprint density at radius 1 is 1.47 bits per heavy atom. The van der Waals surface area contributed by atoms with Gasteiger partial charge in [0.15, 0.2) is 0 Å². The predicted molar refractivity (Wildman–Crippen MR) is 78.2 cm³/mol. The Labute approximate surface area is 118 Å². The van der Waals surface area contributed by atoms with Gasteiger partial charge in [-0.3, -0.25) is 0 Å². The van der Waals surface area contributed by atoms with Crippen LogP contribution in [0.25, 0.3) is 0 Å². The van der Waals surface area contributed by atoms with Crippen LogP contribution in [0.15, 0.2) is 18.2 Å². The predicted octanol–water partition coefficient (Wildman–Crippen LogP) is 0.592. The summed E-state index contributed by atoms with van der Waals surface area (Å²) in [5.41, 5.74) is 7.33. The summed E-state index contributed by atoms with van der Waals surface area (Å²) >= 11 is 1.54. The normalized spacial score (nSPS) is 11.6. The lowest BCUT2D eigenvalue weighted by atomic mass is 10.1. The van der Waals surface area contributed by atoms with Crippen LogP contribution in [0.3, 0.4) is 0 Å². The molecule has 0 saturated heterocycles. The summed E-state index contributed by atoms with van der Waals surface area (Å²) in [5.74, 6) is 7.81. The molecule has 0 radical (unpaired) electrons. The molecule has 1 aromatic rings. The lowest BCUT2D eigenvalue weighted by Gasteiger charge is -2.09. The zero-order valence-corrected chi connectivity index (χ0v) is 11.7. The van der Waals surface area contributed by atoms with Crippen molar-refractivity contribution in [3.8, 4) is 17.6 Å². The van der Waals surface area contributed by atoms with E-state index in [1.54, 1.807) is 18.9 Å². The molecular formula is C14H19NO3S. The van der Waals surface area contributed by atoms with Crippen molar-refractivity contribution in [3.63, 3.8) is 0 Å². The number of methoxy groups -OCH3 is 1. The van der Waals surface area contributed by atoms with Crippen LogP contribution in [0.5, 0.6) is 5.75 Å². The first-order valence-electron chi connectivity index (χ1n) is 5.93. The van der Waals surface area contributed by atoms with Crippen LogP contribution in [0.4, 0.5) is 0 Å². The van der Waals surface area contributed by atoms with Crippen LogP contribution in [0.1, 0.15) is 11.1 Å². The molecule has 0 fully saturated rings. The fourth-order valence-corrected chi connectivity index (χ4v) is 2.40. The highest BCUT2D eigenvalue weighted by Gasteiger charge is 2.06. The number of hydrogen-bond acceptors (Lipinski definition) is 5. The van der Waals surface area contributed by atoms with Gasteiger partial charge in [0.2, 0.25) is 0 Å². The third kappa shape index (κ3) is 5.53. The number of ether oxygens (including phenoxy) is 1. The van der Waals surface area contributed by atoms with Crippen LogP contribution >= 0.6 is 11.8 Å². The van der Waals surface area contributed by atoms with E-state index in [1.165, 1.54) is 0 Å². The maximum atomic E-state index is 9.31. The molecule has 104 valence electrons. The van der Waals surface area contributed by atoms with Crippen LogP contribution in [0.2, 0.25) is 0 Å². The minimum atomic E-state index is -0.686. The molecule has 4 N–H and O–H groups in total. The number of hydrogen-bond donors (Lipinski definition) is 3. The Morgan fingerprint density at radius 3 is 2.89 bits per heavy atom. The molecule has 0 aliphatic heterocycles. The summed E-state index contributed by atoms with van der Waals surface area (Å²) in [7, 11) is 1.62. The second kappa shape index (κ2) is 8.83. The zero-order chi connectivity index (χ0) is 14.1. The molecule has 4 nitrogen and oxygen atoms in total. The molecule has 0 heterocycles. The molecule has 1 rings (SSSR count). The van der Waals surface area contributed by atoms with E-state index in [0.717, 1.165) is 16.9 Å². The Hall–Kier alpha value is -1.19. The van der Waals surface area contributed by atoms with Crippen molar-refractivity contribution in [2.45, 2.75) is 11.9 Å². The molecule has 5 heteroatoms. The standard InChI is InChI=1S/C14H19NO3S/c1-18-14-5-4-11(3-2-6-15)12(7-14)9-19-10-13(17)8-16/h4-5,7,13,16-17H,6,8-10,15H2,1H3. The SMILES string of the molecule is COc1ccc(C#CCN)c(CSCC(O)CO)c1. The highest BCUT2D eigenvalue weighted by Crippen LogP contribution is 2.22. The molecule has 0 bridgehead atoms. The summed E-state index contributed by atoms with van der Waals surface area (Å²) in [4.78, 5) is 0. The highest BCUT2D eigenvalue weighted by molar-refractivity contribution is 7.98. The highest BCUT2D eigenvalue weighted by atomic mass is 32.2. The van der Waals surface area contributed by atoms with Gasteiger partial charge < -0.3 is 20.7 Å². The molecule has 19 heavy (non-hydrogen) atoms. The Balaban J connectivity index is 2.76. The number of thioether (sulfide) groups is 1. The zero-order valence-electron chi connectivity index (χ0n) is 10.9. The first-order chi connectivity index (χ1) is 9.21. The van der Waals surface area contributed by atoms with Gasteiger partial charge in [-0.1, -0.05) is 11.8 Å². The van der Waals surface area contributed by atoms with E-state index in [1.807, 2.05) is 18.2 Å². The number of aliphatic hydroxyl groups is 2. The first kappa shape index (κ1) is 15.9. The molecule has 0 aliphatic carbocycles. The number of rotatable bonds is 6. The largest absolute Gasteiger partial charge is 0.497 e. The summed E-state index contributed by atoms with van der Waals surface area (Å²) in [5, 5.41) is 18.1. The van der Waals surface area contributed by atoms with Crippen molar-refractivity contribution in [1.82, 2.24) is 0 Å². The van der Waals surface area contributed by atoms with Crippen LogP contribution < -0.4 is 10.5 Å². The molecule has 0 aromatic heterocycles. The van der Waals surface area contributed by atoms with Gasteiger partial charge in [-0.2, -0.15) is 11.8 Å². The molecule has 0 amide bonds. The van der Waals surface area contributed by atoms with E-state index in [2.05, 4.69) is 11.8 Å². The monoisotopic (exact) mass is 281 g/mol. The smallest absolute Gasteiger partial charge is 0.119 e. The summed E-state index contributed by atoms with van der Waals surface area (Å²) in [6, 6.07) is 5.69. The van der Waals surface area contributed by atoms with Crippen molar-refractivity contribution in [2.24, 2.45) is 5.73 Å². The Bertz CT molecular complexity index is 454. The second-order valence-corrected chi connectivity index (χ2v) is 4.91. The fourth-order valence-electron chi connectivity index (χ4n) is 1.44. The van der Waals surface area contributed by atoms with E-state index in [4.69, 9.17) is 15.6 Å². The van der Waals surface area contributed by atoms with E-state index in [0.29, 0.717) is 18.1 Å². The Kier molecular flexibility index (Phi) is 7.38. The van der Waals surface area contributed by atoms with Crippen molar-refractivity contribution in [3.05, 3.63) is 29.3 Å². The van der Waals surface area contributed by atoms with E-state index in [-0.39, 0.29) is 6.61 Å². The average molecular weight is 281 g/mol. The lowest BCUT2D eigenvalue weighted by molar-refractivity contribution is 0.113. The van der Waals surface area contributed by atoms with Gasteiger partial charge in [0.05, 0.1) is 26.4 Å². The molecular weight excluding hydrogens is 262 g/mol. The van der Waals surface area contributed by atoms with Gasteiger partial charge in [0, 0.05) is 17.1 Å². The molecule has 0 spiro atoms. The van der Waals surface area contributed by atoms with Gasteiger partial charge in [-0.05, 0) is 23.8 Å². The topological polar surface area (TPSA) is 75.7 Å². The lowest BCUT2D eigenvalue weighted by Crippen LogP contribution is -2.14. The second-order valence-electron chi connectivity index (χ2n) is 3.88. The summed E-state index contributed by atoms with van der Waals surface area (Å²) < 4.78 is 5.19. The van der Waals surface area contributed by atoms with Crippen molar-refractivity contribution in [1.29, 1.82) is 0 Å². The first-order valence-corrected chi connectivity index (χ1v) is 7.09. The van der Waals surface area contributed by atoms with E-state index in [9.17, 15) is 5.11 Å². The fraction of sp³-hybridized carbons (Fsp3) is 0.429. The van der Waals surface area contributed by atoms with Gasteiger partial charge in [0.1, 0.15) is 5.75 Å². The van der Waals surface area contributed by atoms with Gasteiger partial charge >= 0.3 is 0 Å². The quantitative estimate of drug-likeness (QED) is 0.666. The average Bonchev–Trinajstić information content (AvgIpc) is 2.45. The number of aliphatic hydroxyl groups excluding tert-OH is 2. The molecule has 1 aromatic carbocycles. The Morgan fingerprint density at radius 2 is 2.26 bits per heavy atom. The van der Waals surface area contributed by atoms with Gasteiger partial charge in [-0.25, -0.2) is 0 Å². The molecule has 1 atom stereocenters. The molecule has 0 aliphatic rings. The third-order valence-electron chi connectivity index (χ3n) is 2.42.